The second-order valence-corrected chi connectivity index (χ2v) is 11.6. The average molecular weight is 414 g/mol. The highest BCUT2D eigenvalue weighted by atomic mass is 32.2. The van der Waals surface area contributed by atoms with Crippen molar-refractivity contribution >= 4 is 40.1 Å². The Bertz CT molecular complexity index is 954. The van der Waals surface area contributed by atoms with E-state index in [9.17, 15) is 4.79 Å². The lowest BCUT2D eigenvalue weighted by Crippen LogP contribution is -2.32. The summed E-state index contributed by atoms with van der Waals surface area (Å²) in [6.07, 6.45) is 0. The van der Waals surface area contributed by atoms with Gasteiger partial charge in [-0.2, -0.15) is 0 Å². The maximum Gasteiger partial charge on any atom is 0.222 e. The van der Waals surface area contributed by atoms with Crippen molar-refractivity contribution in [1.82, 2.24) is 0 Å². The van der Waals surface area contributed by atoms with E-state index in [1.54, 1.807) is 0 Å². The Hall–Kier alpha value is -2.67. The standard InChI is InChI=1S/C26H22OPS/c27-26(22-13-5-1-6-14-22)29-21-28(23-15-7-2-8-16-23,24-17-9-3-10-18-24)25-19-11-4-12-20-25/h1-20H,21H2/q+1. The molecule has 29 heavy (non-hydrogen) atoms. The van der Waals surface area contributed by atoms with Gasteiger partial charge >= 0.3 is 0 Å². The zero-order valence-electron chi connectivity index (χ0n) is 16.0. The first kappa shape index (κ1) is 19.6. The fourth-order valence-electron chi connectivity index (χ4n) is 3.53. The number of hydrogen-bond donors (Lipinski definition) is 0. The average Bonchev–Trinajstić information content (AvgIpc) is 2.82. The maximum atomic E-state index is 13.0. The van der Waals surface area contributed by atoms with Crippen molar-refractivity contribution in [2.75, 3.05) is 5.49 Å². The molecule has 0 saturated carbocycles. The second kappa shape index (κ2) is 9.22. The van der Waals surface area contributed by atoms with Crippen LogP contribution in [0.1, 0.15) is 10.4 Å². The fourth-order valence-corrected chi connectivity index (χ4v) is 9.80. The van der Waals surface area contributed by atoms with Gasteiger partial charge in [0.15, 0.2) is 0 Å². The van der Waals surface area contributed by atoms with E-state index >= 15 is 0 Å². The molecule has 0 aliphatic rings. The van der Waals surface area contributed by atoms with Crippen molar-refractivity contribution in [2.45, 2.75) is 0 Å². The molecular formula is C26H22OPS+. The molecule has 4 aromatic rings. The van der Waals surface area contributed by atoms with Gasteiger partial charge in [0.25, 0.3) is 0 Å². The second-order valence-electron chi connectivity index (χ2n) is 6.74. The lowest BCUT2D eigenvalue weighted by atomic mass is 10.2. The predicted molar refractivity (Wildman–Crippen MR) is 128 cm³/mol. The summed E-state index contributed by atoms with van der Waals surface area (Å²) in [7, 11) is -1.99. The monoisotopic (exact) mass is 413 g/mol. The molecule has 0 N–H and O–H groups in total. The summed E-state index contributed by atoms with van der Waals surface area (Å²) in [5.74, 6) is 0. The van der Waals surface area contributed by atoms with Gasteiger partial charge in [0.2, 0.25) is 5.12 Å². The van der Waals surface area contributed by atoms with Gasteiger partial charge in [-0.3, -0.25) is 4.79 Å². The minimum atomic E-state index is -1.99. The van der Waals surface area contributed by atoms with Crippen LogP contribution >= 0.6 is 19.0 Å². The third kappa shape index (κ3) is 4.19. The van der Waals surface area contributed by atoms with E-state index in [4.69, 9.17) is 0 Å². The molecule has 0 saturated heterocycles. The molecule has 0 radical (unpaired) electrons. The van der Waals surface area contributed by atoms with E-state index in [1.807, 2.05) is 30.3 Å². The summed E-state index contributed by atoms with van der Waals surface area (Å²) >= 11 is 1.43. The van der Waals surface area contributed by atoms with Crippen LogP contribution in [-0.4, -0.2) is 10.6 Å². The minimum absolute atomic E-state index is 0.123. The first-order chi connectivity index (χ1) is 14.3. The van der Waals surface area contributed by atoms with Crippen molar-refractivity contribution in [3.63, 3.8) is 0 Å². The van der Waals surface area contributed by atoms with E-state index in [0.717, 1.165) is 11.1 Å². The number of thioether (sulfide) groups is 1. The Morgan fingerprint density at radius 2 is 0.897 bits per heavy atom. The molecule has 0 atom stereocenters. The van der Waals surface area contributed by atoms with Gasteiger partial charge in [0.1, 0.15) is 28.7 Å². The Labute approximate surface area is 177 Å². The minimum Gasteiger partial charge on any atom is -0.281 e. The van der Waals surface area contributed by atoms with Crippen LogP contribution in [0.4, 0.5) is 0 Å². The third-order valence-corrected chi connectivity index (χ3v) is 11.1. The van der Waals surface area contributed by atoms with Crippen molar-refractivity contribution in [1.29, 1.82) is 0 Å². The molecule has 0 aromatic heterocycles. The lowest BCUT2D eigenvalue weighted by molar-refractivity contribution is 0.108. The van der Waals surface area contributed by atoms with Crippen LogP contribution in [0.25, 0.3) is 0 Å². The largest absolute Gasteiger partial charge is 0.281 e. The molecule has 0 heterocycles. The van der Waals surface area contributed by atoms with E-state index in [2.05, 4.69) is 91.0 Å². The van der Waals surface area contributed by atoms with Gasteiger partial charge in [-0.15, -0.1) is 0 Å². The molecule has 0 unspecified atom stereocenters. The summed E-state index contributed by atoms with van der Waals surface area (Å²) in [6, 6.07) is 41.6. The van der Waals surface area contributed by atoms with Gasteiger partial charge in [0.05, 0.1) is 0 Å². The predicted octanol–water partition coefficient (Wildman–Crippen LogP) is 5.51. The van der Waals surface area contributed by atoms with E-state index in [1.165, 1.54) is 27.7 Å². The number of rotatable bonds is 6. The SMILES string of the molecule is O=C(SC[P+](c1ccccc1)(c1ccccc1)c1ccccc1)c1ccccc1. The van der Waals surface area contributed by atoms with Crippen LogP contribution in [0, 0.1) is 0 Å². The third-order valence-electron chi connectivity index (χ3n) is 4.99. The normalized spacial score (nSPS) is 11.2. The highest BCUT2D eigenvalue weighted by Gasteiger charge is 2.45. The molecule has 0 aliphatic carbocycles. The molecule has 0 spiro atoms. The van der Waals surface area contributed by atoms with Crippen LogP contribution < -0.4 is 15.9 Å². The van der Waals surface area contributed by atoms with Crippen molar-refractivity contribution in [3.8, 4) is 0 Å². The van der Waals surface area contributed by atoms with Crippen LogP contribution in [-0.2, 0) is 0 Å². The van der Waals surface area contributed by atoms with Crippen molar-refractivity contribution in [2.24, 2.45) is 0 Å². The van der Waals surface area contributed by atoms with E-state index in [-0.39, 0.29) is 5.12 Å². The van der Waals surface area contributed by atoms with Gasteiger partial charge in [-0.25, -0.2) is 0 Å². The van der Waals surface area contributed by atoms with E-state index < -0.39 is 7.26 Å². The highest BCUT2D eigenvalue weighted by Crippen LogP contribution is 2.57. The Kier molecular flexibility index (Phi) is 6.24. The fraction of sp³-hybridized carbons (Fsp3) is 0.0385. The molecule has 4 aromatic carbocycles. The van der Waals surface area contributed by atoms with Crippen LogP contribution in [0.3, 0.4) is 0 Å². The Balaban J connectivity index is 1.83. The maximum absolute atomic E-state index is 13.0. The molecule has 142 valence electrons. The summed E-state index contributed by atoms with van der Waals surface area (Å²) < 4.78 is 0. The van der Waals surface area contributed by atoms with Gasteiger partial charge in [0, 0.05) is 5.56 Å². The van der Waals surface area contributed by atoms with Crippen molar-refractivity contribution < 1.29 is 4.79 Å². The molecule has 1 nitrogen and oxygen atoms in total. The quantitative estimate of drug-likeness (QED) is 0.388. The molecule has 4 rings (SSSR count). The molecule has 0 fully saturated rings. The van der Waals surface area contributed by atoms with Crippen LogP contribution in [0.2, 0.25) is 0 Å². The highest BCUT2D eigenvalue weighted by molar-refractivity contribution is 8.22. The zero-order valence-corrected chi connectivity index (χ0v) is 17.7. The first-order valence-electron chi connectivity index (χ1n) is 9.58. The number of benzene rings is 4. The summed E-state index contributed by atoms with van der Waals surface area (Å²) in [4.78, 5) is 13.0. The molecule has 0 bridgehead atoms. The van der Waals surface area contributed by atoms with Crippen molar-refractivity contribution in [3.05, 3.63) is 127 Å². The molecule has 0 aliphatic heterocycles. The van der Waals surface area contributed by atoms with Crippen LogP contribution in [0.15, 0.2) is 121 Å². The summed E-state index contributed by atoms with van der Waals surface area (Å²) in [6.45, 7) is 0. The first-order valence-corrected chi connectivity index (χ1v) is 12.5. The van der Waals surface area contributed by atoms with Crippen LogP contribution in [0.5, 0.6) is 0 Å². The summed E-state index contributed by atoms with van der Waals surface area (Å²) in [5, 5.41) is 4.01. The lowest BCUT2D eigenvalue weighted by Gasteiger charge is -2.27. The number of carbonyl (C=O) groups is 1. The molecule has 0 amide bonds. The molecular weight excluding hydrogens is 391 g/mol. The number of hydrogen-bond acceptors (Lipinski definition) is 2. The molecule has 3 heteroatoms. The van der Waals surface area contributed by atoms with Gasteiger partial charge in [-0.1, -0.05) is 84.9 Å². The Morgan fingerprint density at radius 1 is 0.552 bits per heavy atom. The number of carbonyl (C=O) groups excluding carboxylic acids is 1. The van der Waals surface area contributed by atoms with Gasteiger partial charge < -0.3 is 0 Å². The van der Waals surface area contributed by atoms with Gasteiger partial charge in [-0.05, 0) is 48.2 Å². The topological polar surface area (TPSA) is 17.1 Å². The Morgan fingerprint density at radius 3 is 1.28 bits per heavy atom. The zero-order chi connectivity index (χ0) is 19.9. The summed E-state index contributed by atoms with van der Waals surface area (Å²) in [5.41, 5.74) is 1.49. The smallest absolute Gasteiger partial charge is 0.222 e. The van der Waals surface area contributed by atoms with E-state index in [0.29, 0.717) is 0 Å².